The van der Waals surface area contributed by atoms with E-state index >= 15 is 0 Å². The number of carboxylic acids is 1. The number of halogens is 12. The van der Waals surface area contributed by atoms with E-state index in [2.05, 4.69) is 24.4 Å². The van der Waals surface area contributed by atoms with E-state index in [9.17, 15) is 57.5 Å². The van der Waals surface area contributed by atoms with E-state index in [0.29, 0.717) is 0 Å². The Balaban J connectivity index is 3.49. The lowest BCUT2D eigenvalue weighted by molar-refractivity contribution is -0.302. The van der Waals surface area contributed by atoms with Crippen LogP contribution < -0.4 is 14.8 Å². The normalized spacial score (nSPS) is 14.5. The molecule has 0 spiro atoms. The van der Waals surface area contributed by atoms with E-state index in [-0.39, 0.29) is 0 Å². The van der Waals surface area contributed by atoms with Gasteiger partial charge in [0.2, 0.25) is 5.95 Å². The molecule has 1 aromatic heterocycles. The molecule has 32 heavy (non-hydrogen) atoms. The van der Waals surface area contributed by atoms with Crippen LogP contribution in [0.1, 0.15) is 6.92 Å². The summed E-state index contributed by atoms with van der Waals surface area (Å²) in [5, 5.41) is 10.4. The highest BCUT2D eigenvalue weighted by atomic mass is 19.4. The number of alkyl halides is 12. The Hall–Kier alpha value is -2.96. The minimum atomic E-state index is -6.17. The van der Waals surface area contributed by atoms with Crippen molar-refractivity contribution in [3.63, 3.8) is 0 Å². The number of ether oxygens (including phenoxy) is 2. The van der Waals surface area contributed by atoms with Gasteiger partial charge in [0.1, 0.15) is 6.04 Å². The highest BCUT2D eigenvalue weighted by molar-refractivity contribution is 5.75. The van der Waals surface area contributed by atoms with Crippen LogP contribution in [0.25, 0.3) is 0 Å². The summed E-state index contributed by atoms with van der Waals surface area (Å²) in [6.45, 7) is 0.801. The van der Waals surface area contributed by atoms with Crippen molar-refractivity contribution >= 4 is 11.9 Å². The van der Waals surface area contributed by atoms with Crippen LogP contribution in [0.15, 0.2) is 0 Å². The summed E-state index contributed by atoms with van der Waals surface area (Å²) in [7, 11) is 0. The monoisotopic (exact) mass is 500 g/mol. The maximum absolute atomic E-state index is 12.6. The topological polar surface area (TPSA) is 106 Å². The fourth-order valence-electron chi connectivity index (χ4n) is 1.61. The maximum atomic E-state index is 12.6. The quantitative estimate of drug-likeness (QED) is 0.549. The van der Waals surface area contributed by atoms with E-state index in [4.69, 9.17) is 5.11 Å². The second kappa shape index (κ2) is 8.88. The summed E-state index contributed by atoms with van der Waals surface area (Å²) < 4.78 is 158. The highest BCUT2D eigenvalue weighted by Gasteiger charge is 2.61. The van der Waals surface area contributed by atoms with Gasteiger partial charge in [0.25, 0.3) is 12.2 Å². The number of carbonyl (C=O) groups is 1. The zero-order valence-electron chi connectivity index (χ0n) is 14.8. The van der Waals surface area contributed by atoms with Gasteiger partial charge in [0, 0.05) is 0 Å². The fourth-order valence-corrected chi connectivity index (χ4v) is 1.61. The number of nitrogens with one attached hydrogen (secondary N) is 1. The first-order valence-electron chi connectivity index (χ1n) is 7.48. The van der Waals surface area contributed by atoms with Crippen LogP contribution in [0.3, 0.4) is 0 Å². The first kappa shape index (κ1) is 27.1. The SMILES string of the molecule is C[C@H](Nc1nc(OC(C(F)(F)F)C(F)(F)F)nc(OC(C(F)(F)F)C(F)(F)F)n1)C(=O)O. The number of carboxylic acid groups (broad SMARTS) is 1. The second-order valence-corrected chi connectivity index (χ2v) is 5.59. The standard InChI is InChI=1S/C12H8F12N4O4/c1-2(3(29)30)25-6-26-7(31-4(9(13,14)15)10(16,17)18)28-8(27-6)32-5(11(19,20)21)12(22,23)24/h2,4-5H,1H3,(H,29,30)(H,25,26,27,28)/t2-/m0/s1. The molecule has 0 radical (unpaired) electrons. The van der Waals surface area contributed by atoms with Crippen LogP contribution in [0.5, 0.6) is 12.0 Å². The largest absolute Gasteiger partial charge is 0.480 e. The third kappa shape index (κ3) is 7.62. The molecule has 0 saturated heterocycles. The summed E-state index contributed by atoms with van der Waals surface area (Å²) in [5.41, 5.74) is 0. The van der Waals surface area contributed by atoms with Crippen molar-refractivity contribution in [1.29, 1.82) is 0 Å². The lowest BCUT2D eigenvalue weighted by Gasteiger charge is -2.24. The van der Waals surface area contributed by atoms with Gasteiger partial charge in [-0.2, -0.15) is 62.7 Å². The van der Waals surface area contributed by atoms with Crippen LogP contribution in [-0.2, 0) is 4.79 Å². The molecule has 0 aliphatic heterocycles. The highest BCUT2D eigenvalue weighted by Crippen LogP contribution is 2.38. The van der Waals surface area contributed by atoms with E-state index < -0.39 is 66.9 Å². The molecule has 0 saturated carbocycles. The van der Waals surface area contributed by atoms with Crippen LogP contribution in [0.2, 0.25) is 0 Å². The van der Waals surface area contributed by atoms with Crippen molar-refractivity contribution in [3.8, 4) is 12.0 Å². The molecule has 0 aromatic carbocycles. The van der Waals surface area contributed by atoms with Crippen molar-refractivity contribution in [3.05, 3.63) is 0 Å². The van der Waals surface area contributed by atoms with E-state index in [1.165, 1.54) is 0 Å². The summed E-state index contributed by atoms with van der Waals surface area (Å²) in [6, 6.07) is -5.92. The Kier molecular flexibility index (Phi) is 7.52. The van der Waals surface area contributed by atoms with Gasteiger partial charge in [0.15, 0.2) is 0 Å². The average Bonchev–Trinajstić information content (AvgIpc) is 2.53. The third-order valence-corrected chi connectivity index (χ3v) is 2.95. The van der Waals surface area contributed by atoms with Gasteiger partial charge >= 0.3 is 42.7 Å². The molecule has 1 heterocycles. The Morgan fingerprint density at radius 1 is 0.750 bits per heavy atom. The molecule has 0 aliphatic carbocycles. The molecule has 1 aromatic rings. The van der Waals surface area contributed by atoms with Gasteiger partial charge in [-0.3, -0.25) is 4.79 Å². The van der Waals surface area contributed by atoms with Crippen LogP contribution in [-0.4, -0.2) is 69.0 Å². The Morgan fingerprint density at radius 3 is 1.31 bits per heavy atom. The summed E-state index contributed by atoms with van der Waals surface area (Å²) >= 11 is 0. The Bertz CT molecular complexity index is 727. The lowest BCUT2D eigenvalue weighted by atomic mass is 10.3. The number of hydrogen-bond acceptors (Lipinski definition) is 7. The van der Waals surface area contributed by atoms with Crippen LogP contribution in [0, 0.1) is 0 Å². The van der Waals surface area contributed by atoms with Crippen molar-refractivity contribution in [2.75, 3.05) is 5.32 Å². The van der Waals surface area contributed by atoms with Gasteiger partial charge in [-0.15, -0.1) is 4.98 Å². The molecule has 1 rings (SSSR count). The molecule has 20 heteroatoms. The van der Waals surface area contributed by atoms with Gasteiger partial charge in [-0.05, 0) is 6.92 Å². The molecule has 0 unspecified atom stereocenters. The minimum Gasteiger partial charge on any atom is -0.480 e. The Morgan fingerprint density at radius 2 is 1.06 bits per heavy atom. The maximum Gasteiger partial charge on any atom is 0.434 e. The lowest BCUT2D eigenvalue weighted by Crippen LogP contribution is -2.47. The zero-order chi connectivity index (χ0) is 25.3. The van der Waals surface area contributed by atoms with E-state index in [0.717, 1.165) is 6.92 Å². The summed E-state index contributed by atoms with van der Waals surface area (Å²) in [4.78, 5) is 18.8. The van der Waals surface area contributed by atoms with Crippen molar-refractivity contribution in [2.24, 2.45) is 0 Å². The van der Waals surface area contributed by atoms with E-state index in [1.54, 1.807) is 5.32 Å². The molecule has 0 fully saturated rings. The number of aliphatic carboxylic acids is 1. The molecule has 2 N–H and O–H groups in total. The summed E-state index contributed by atoms with van der Waals surface area (Å²) in [6.07, 6.45) is -34.0. The molecule has 0 aliphatic rings. The van der Waals surface area contributed by atoms with Crippen molar-refractivity contribution < 1.29 is 72.1 Å². The third-order valence-electron chi connectivity index (χ3n) is 2.95. The van der Waals surface area contributed by atoms with Crippen molar-refractivity contribution in [1.82, 2.24) is 15.0 Å². The van der Waals surface area contributed by atoms with Gasteiger partial charge in [-0.1, -0.05) is 0 Å². The predicted octanol–water partition coefficient (Wildman–Crippen LogP) is 3.50. The van der Waals surface area contributed by atoms with E-state index in [1.807, 2.05) is 0 Å². The first-order chi connectivity index (χ1) is 14.1. The minimum absolute atomic E-state index is 0.801. The molecule has 184 valence electrons. The smallest absolute Gasteiger partial charge is 0.434 e. The Labute approximate surface area is 167 Å². The summed E-state index contributed by atoms with van der Waals surface area (Å²) in [5.74, 6) is -3.10. The van der Waals surface area contributed by atoms with Gasteiger partial charge in [0.05, 0.1) is 0 Å². The number of hydrogen-bond donors (Lipinski definition) is 2. The van der Waals surface area contributed by atoms with Crippen molar-refractivity contribution in [2.45, 2.75) is 49.9 Å². The molecular weight excluding hydrogens is 492 g/mol. The number of anilines is 1. The van der Waals surface area contributed by atoms with Crippen LogP contribution >= 0.6 is 0 Å². The second-order valence-electron chi connectivity index (χ2n) is 5.59. The fraction of sp³-hybridized carbons (Fsp3) is 0.667. The average molecular weight is 500 g/mol. The first-order valence-corrected chi connectivity index (χ1v) is 7.48. The molecule has 0 bridgehead atoms. The van der Waals surface area contributed by atoms with Gasteiger partial charge < -0.3 is 19.9 Å². The number of rotatable bonds is 7. The molecule has 0 amide bonds. The number of nitrogens with zero attached hydrogens (tertiary/aromatic N) is 3. The molecule has 8 nitrogen and oxygen atoms in total. The zero-order valence-corrected chi connectivity index (χ0v) is 14.8. The van der Waals surface area contributed by atoms with Gasteiger partial charge in [-0.25, -0.2) is 0 Å². The molecular formula is C12H8F12N4O4. The van der Waals surface area contributed by atoms with Crippen LogP contribution in [0.4, 0.5) is 58.6 Å². The number of aromatic nitrogens is 3. The predicted molar refractivity (Wildman–Crippen MR) is 73.6 cm³/mol. The molecule has 1 atom stereocenters.